The fourth-order valence-electron chi connectivity index (χ4n) is 1.97. The molecule has 2 rings (SSSR count). The van der Waals surface area contributed by atoms with Gasteiger partial charge in [0, 0.05) is 11.8 Å². The molecule has 1 heterocycles. The molecule has 0 bridgehead atoms. The van der Waals surface area contributed by atoms with Crippen LogP contribution in [0.15, 0.2) is 34.2 Å². The van der Waals surface area contributed by atoms with Gasteiger partial charge in [0.15, 0.2) is 5.16 Å². The Kier molecular flexibility index (Phi) is 6.35. The summed E-state index contributed by atoms with van der Waals surface area (Å²) in [7, 11) is 0. The number of carbonyl (C=O) groups excluding carboxylic acids is 1. The second kappa shape index (κ2) is 8.13. The lowest BCUT2D eigenvalue weighted by Gasteiger charge is -2.14. The van der Waals surface area contributed by atoms with Gasteiger partial charge < -0.3 is 10.3 Å². The van der Waals surface area contributed by atoms with Crippen LogP contribution in [0, 0.1) is 0 Å². The van der Waals surface area contributed by atoms with Gasteiger partial charge in [0.25, 0.3) is 5.56 Å². The Labute approximate surface area is 156 Å². The third-order valence-corrected chi connectivity index (χ3v) is 4.66. The Morgan fingerprint density at radius 1 is 1.38 bits per heavy atom. The number of aromatic amines is 1. The molecule has 1 aromatic carbocycles. The highest BCUT2D eigenvalue weighted by Crippen LogP contribution is 2.34. The van der Waals surface area contributed by atoms with Crippen molar-refractivity contribution in [3.05, 3.63) is 50.9 Å². The van der Waals surface area contributed by atoms with E-state index in [1.54, 1.807) is 6.92 Å². The maximum atomic E-state index is 12.8. The molecular weight excluding hydrogens is 391 g/mol. The van der Waals surface area contributed by atoms with Crippen LogP contribution < -0.4 is 10.9 Å². The number of thioether (sulfide) groups is 1. The number of H-pyrrole nitrogens is 1. The summed E-state index contributed by atoms with van der Waals surface area (Å²) in [5, 5.41) is 1.89. The minimum Gasteiger partial charge on any atom is -0.324 e. The van der Waals surface area contributed by atoms with Crippen molar-refractivity contribution in [3.8, 4) is 0 Å². The number of rotatable bonds is 5. The van der Waals surface area contributed by atoms with Crippen molar-refractivity contribution in [2.45, 2.75) is 36.9 Å². The number of hydrogen-bond donors (Lipinski definition) is 2. The van der Waals surface area contributed by atoms with Crippen LogP contribution in [-0.4, -0.2) is 21.1 Å². The molecule has 0 saturated carbocycles. The van der Waals surface area contributed by atoms with Crippen molar-refractivity contribution in [1.82, 2.24) is 9.97 Å². The summed E-state index contributed by atoms with van der Waals surface area (Å²) in [6.45, 7) is 3.38. The standard InChI is InChI=1S/C16H15ClF3N3O2S/c1-3-10-7-13(24)23-15(21-10)26-8(2)14(25)22-12-6-9(16(18,19)20)4-5-11(12)17/h4-8H,3H2,1-2H3,(H,22,25)(H,21,23,24). The molecule has 1 amide bonds. The Hall–Kier alpha value is -2.00. The van der Waals surface area contributed by atoms with E-state index in [0.717, 1.165) is 30.0 Å². The van der Waals surface area contributed by atoms with Crippen molar-refractivity contribution in [2.24, 2.45) is 0 Å². The van der Waals surface area contributed by atoms with Crippen LogP contribution in [0.4, 0.5) is 18.9 Å². The van der Waals surface area contributed by atoms with Crippen molar-refractivity contribution >= 4 is 35.0 Å². The topological polar surface area (TPSA) is 74.8 Å². The molecule has 1 atom stereocenters. The van der Waals surface area contributed by atoms with Crippen LogP contribution in [0.3, 0.4) is 0 Å². The van der Waals surface area contributed by atoms with Gasteiger partial charge in [-0.1, -0.05) is 30.3 Å². The third-order valence-electron chi connectivity index (χ3n) is 3.34. The van der Waals surface area contributed by atoms with E-state index in [4.69, 9.17) is 11.6 Å². The molecule has 0 fully saturated rings. The van der Waals surface area contributed by atoms with E-state index >= 15 is 0 Å². The zero-order valence-corrected chi connectivity index (χ0v) is 15.4. The molecule has 0 aliphatic carbocycles. The molecule has 2 aromatic rings. The van der Waals surface area contributed by atoms with E-state index in [0.29, 0.717) is 12.1 Å². The normalized spacial score (nSPS) is 12.7. The van der Waals surface area contributed by atoms with Crippen molar-refractivity contribution in [3.63, 3.8) is 0 Å². The van der Waals surface area contributed by atoms with E-state index in [9.17, 15) is 22.8 Å². The lowest BCUT2D eigenvalue weighted by molar-refractivity contribution is -0.137. The third kappa shape index (κ3) is 5.25. The second-order valence-corrected chi connectivity index (χ2v) is 7.07. The largest absolute Gasteiger partial charge is 0.416 e. The van der Waals surface area contributed by atoms with Gasteiger partial charge in [-0.25, -0.2) is 4.98 Å². The van der Waals surface area contributed by atoms with Gasteiger partial charge in [-0.3, -0.25) is 9.59 Å². The highest BCUT2D eigenvalue weighted by Gasteiger charge is 2.31. The average molecular weight is 406 g/mol. The zero-order chi connectivity index (χ0) is 19.5. The Bertz CT molecular complexity index is 871. The predicted octanol–water partition coefficient (Wildman–Crippen LogP) is 4.12. The molecule has 1 aromatic heterocycles. The Morgan fingerprint density at radius 2 is 2.08 bits per heavy atom. The van der Waals surface area contributed by atoms with Gasteiger partial charge in [0.1, 0.15) is 0 Å². The number of benzene rings is 1. The molecule has 0 saturated heterocycles. The summed E-state index contributed by atoms with van der Waals surface area (Å²) >= 11 is 6.85. The molecular formula is C16H15ClF3N3O2S. The first-order valence-corrected chi connectivity index (χ1v) is 8.80. The van der Waals surface area contributed by atoms with E-state index in [1.807, 2.05) is 6.92 Å². The first-order valence-electron chi connectivity index (χ1n) is 7.54. The number of anilines is 1. The number of halogens is 4. The number of aromatic nitrogens is 2. The van der Waals surface area contributed by atoms with E-state index in [-0.39, 0.29) is 21.4 Å². The summed E-state index contributed by atoms with van der Waals surface area (Å²) in [5.41, 5.74) is -0.820. The number of amides is 1. The predicted molar refractivity (Wildman–Crippen MR) is 94.6 cm³/mol. The van der Waals surface area contributed by atoms with Gasteiger partial charge in [0.2, 0.25) is 5.91 Å². The second-order valence-electron chi connectivity index (χ2n) is 5.34. The van der Waals surface area contributed by atoms with Gasteiger partial charge in [-0.15, -0.1) is 0 Å². The lowest BCUT2D eigenvalue weighted by atomic mass is 10.2. The molecule has 10 heteroatoms. The molecule has 140 valence electrons. The number of nitrogens with one attached hydrogen (secondary N) is 2. The fraction of sp³-hybridized carbons (Fsp3) is 0.312. The Morgan fingerprint density at radius 3 is 2.69 bits per heavy atom. The number of hydrogen-bond acceptors (Lipinski definition) is 4. The Balaban J connectivity index is 2.15. The number of nitrogens with zero attached hydrogens (tertiary/aromatic N) is 1. The number of carbonyl (C=O) groups is 1. The summed E-state index contributed by atoms with van der Waals surface area (Å²) in [4.78, 5) is 30.5. The smallest absolute Gasteiger partial charge is 0.324 e. The summed E-state index contributed by atoms with van der Waals surface area (Å²) in [6.07, 6.45) is -3.99. The van der Waals surface area contributed by atoms with Crippen LogP contribution >= 0.6 is 23.4 Å². The molecule has 2 N–H and O–H groups in total. The highest BCUT2D eigenvalue weighted by atomic mass is 35.5. The molecule has 0 radical (unpaired) electrons. The van der Waals surface area contributed by atoms with Crippen LogP contribution in [0.1, 0.15) is 25.1 Å². The summed E-state index contributed by atoms with van der Waals surface area (Å²) in [6, 6.07) is 4.04. The summed E-state index contributed by atoms with van der Waals surface area (Å²) in [5.74, 6) is -0.569. The van der Waals surface area contributed by atoms with Crippen LogP contribution in [0.25, 0.3) is 0 Å². The summed E-state index contributed by atoms with van der Waals surface area (Å²) < 4.78 is 38.4. The van der Waals surface area contributed by atoms with Gasteiger partial charge in [-0.05, 0) is 31.5 Å². The van der Waals surface area contributed by atoms with Crippen LogP contribution in [-0.2, 0) is 17.4 Å². The van der Waals surface area contributed by atoms with E-state index in [1.165, 1.54) is 6.07 Å². The molecule has 0 aliphatic rings. The lowest BCUT2D eigenvalue weighted by Crippen LogP contribution is -2.24. The molecule has 5 nitrogen and oxygen atoms in total. The van der Waals surface area contributed by atoms with Gasteiger partial charge >= 0.3 is 6.18 Å². The molecule has 0 aliphatic heterocycles. The quantitative estimate of drug-likeness (QED) is 0.579. The SMILES string of the molecule is CCc1cc(=O)[nH]c(SC(C)C(=O)Nc2cc(C(F)(F)F)ccc2Cl)n1. The van der Waals surface area contributed by atoms with Crippen LogP contribution in [0.2, 0.25) is 5.02 Å². The first kappa shape index (κ1) is 20.3. The van der Waals surface area contributed by atoms with Crippen molar-refractivity contribution in [2.75, 3.05) is 5.32 Å². The fourth-order valence-corrected chi connectivity index (χ4v) is 2.97. The number of aryl methyl sites for hydroxylation is 1. The van der Waals surface area contributed by atoms with Crippen LogP contribution in [0.5, 0.6) is 0 Å². The average Bonchev–Trinajstić information content (AvgIpc) is 2.55. The zero-order valence-electron chi connectivity index (χ0n) is 13.8. The van der Waals surface area contributed by atoms with Gasteiger partial charge in [0.05, 0.1) is 21.5 Å². The maximum Gasteiger partial charge on any atom is 0.416 e. The highest BCUT2D eigenvalue weighted by molar-refractivity contribution is 8.00. The molecule has 1 unspecified atom stereocenters. The minimum absolute atomic E-state index is 0.0111. The monoisotopic (exact) mass is 405 g/mol. The molecule has 26 heavy (non-hydrogen) atoms. The van der Waals surface area contributed by atoms with Crippen molar-refractivity contribution < 1.29 is 18.0 Å². The van der Waals surface area contributed by atoms with Crippen molar-refractivity contribution in [1.29, 1.82) is 0 Å². The maximum absolute atomic E-state index is 12.8. The van der Waals surface area contributed by atoms with E-state index < -0.39 is 22.9 Å². The minimum atomic E-state index is -4.55. The number of alkyl halides is 3. The van der Waals surface area contributed by atoms with E-state index in [2.05, 4.69) is 15.3 Å². The first-order chi connectivity index (χ1) is 12.1. The molecule has 0 spiro atoms. The van der Waals surface area contributed by atoms with Gasteiger partial charge in [-0.2, -0.15) is 13.2 Å².